The van der Waals surface area contributed by atoms with E-state index in [1.165, 1.54) is 0 Å². The summed E-state index contributed by atoms with van der Waals surface area (Å²) in [7, 11) is 0. The maximum atomic E-state index is 14.6. The van der Waals surface area contributed by atoms with Crippen LogP contribution in [0.4, 0.5) is 10.8 Å². The molecule has 48 heavy (non-hydrogen) atoms. The van der Waals surface area contributed by atoms with Gasteiger partial charge in [-0.1, -0.05) is 99.2 Å². The summed E-state index contributed by atoms with van der Waals surface area (Å²) < 4.78 is 11.0. The van der Waals surface area contributed by atoms with E-state index in [9.17, 15) is 14.4 Å². The zero-order valence-corrected chi connectivity index (χ0v) is 28.9. The Hall–Kier alpha value is -4.29. The summed E-state index contributed by atoms with van der Waals surface area (Å²) in [6, 6.07) is 10.9. The highest BCUT2D eigenvalue weighted by molar-refractivity contribution is 6.38. The number of rotatable bonds is 12. The first-order chi connectivity index (χ1) is 22.9. The van der Waals surface area contributed by atoms with Crippen molar-refractivity contribution < 1.29 is 23.5 Å². The van der Waals surface area contributed by atoms with Gasteiger partial charge in [0.05, 0.1) is 10.5 Å². The number of hydrogen-bond donors (Lipinski definition) is 5. The van der Waals surface area contributed by atoms with Crippen LogP contribution in [-0.4, -0.2) is 44.7 Å². The number of nitrogens with zero attached hydrogens (tertiary/aromatic N) is 2. The SMILES string of the molecule is CCC(C)[C@H](NC(=O)OCc1ccccc1)C(=O)N[C@]1(C(=O)N[C@@H](c2nnc(N)o2)C(C)CC)CCc2[nH]c3c(Cl)cc(Cl)cc3c2C1. The van der Waals surface area contributed by atoms with E-state index in [-0.39, 0.29) is 43.2 Å². The van der Waals surface area contributed by atoms with Crippen molar-refractivity contribution >= 4 is 58.0 Å². The highest BCUT2D eigenvalue weighted by Gasteiger charge is 2.47. The lowest BCUT2D eigenvalue weighted by Gasteiger charge is -2.39. The van der Waals surface area contributed by atoms with Gasteiger partial charge in [-0.3, -0.25) is 9.59 Å². The number of aromatic nitrogens is 3. The minimum Gasteiger partial charge on any atom is -0.445 e. The molecule has 2 aromatic heterocycles. The fraction of sp³-hybridized carbons (Fsp3) is 0.441. The van der Waals surface area contributed by atoms with Crippen LogP contribution in [0.5, 0.6) is 0 Å². The van der Waals surface area contributed by atoms with Crippen LogP contribution in [0.2, 0.25) is 10.0 Å². The van der Waals surface area contributed by atoms with Gasteiger partial charge in [-0.15, -0.1) is 5.10 Å². The van der Waals surface area contributed by atoms with Crippen molar-refractivity contribution in [2.24, 2.45) is 11.8 Å². The lowest BCUT2D eigenvalue weighted by molar-refractivity contribution is -0.136. The quantitative estimate of drug-likeness (QED) is 0.119. The van der Waals surface area contributed by atoms with Crippen LogP contribution in [0.15, 0.2) is 46.9 Å². The second kappa shape index (κ2) is 14.9. The van der Waals surface area contributed by atoms with E-state index in [1.54, 1.807) is 12.1 Å². The number of alkyl carbamates (subject to hydrolysis) is 1. The summed E-state index contributed by atoms with van der Waals surface area (Å²) in [4.78, 5) is 45.2. The van der Waals surface area contributed by atoms with Gasteiger partial charge in [0.25, 0.3) is 0 Å². The van der Waals surface area contributed by atoms with Crippen molar-refractivity contribution in [3.8, 4) is 0 Å². The molecule has 1 aliphatic rings. The van der Waals surface area contributed by atoms with E-state index >= 15 is 0 Å². The fourth-order valence-electron chi connectivity index (χ4n) is 6.07. The Bertz CT molecular complexity index is 1780. The molecule has 0 saturated heterocycles. The molecule has 0 radical (unpaired) electrons. The average Bonchev–Trinajstić information content (AvgIpc) is 3.67. The van der Waals surface area contributed by atoms with Crippen molar-refractivity contribution in [1.82, 2.24) is 31.1 Å². The van der Waals surface area contributed by atoms with E-state index < -0.39 is 35.5 Å². The largest absolute Gasteiger partial charge is 0.445 e. The molecule has 1 aliphatic carbocycles. The van der Waals surface area contributed by atoms with E-state index in [4.69, 9.17) is 38.1 Å². The molecule has 0 fully saturated rings. The zero-order chi connectivity index (χ0) is 34.6. The number of anilines is 1. The Kier molecular flexibility index (Phi) is 10.8. The van der Waals surface area contributed by atoms with Crippen molar-refractivity contribution in [2.45, 2.75) is 84.0 Å². The summed E-state index contributed by atoms with van der Waals surface area (Å²) in [5.74, 6) is -1.19. The fourth-order valence-corrected chi connectivity index (χ4v) is 6.61. The third kappa shape index (κ3) is 7.55. The predicted octanol–water partition coefficient (Wildman–Crippen LogP) is 6.03. The molecule has 2 unspecified atom stereocenters. The van der Waals surface area contributed by atoms with Gasteiger partial charge in [-0.05, 0) is 47.9 Å². The van der Waals surface area contributed by atoms with Gasteiger partial charge in [0, 0.05) is 22.5 Å². The van der Waals surface area contributed by atoms with Crippen LogP contribution in [0.3, 0.4) is 0 Å². The third-order valence-electron chi connectivity index (χ3n) is 9.30. The van der Waals surface area contributed by atoms with Gasteiger partial charge in [0.1, 0.15) is 24.2 Å². The number of benzene rings is 2. The molecule has 0 spiro atoms. The second-order valence-electron chi connectivity index (χ2n) is 12.5. The highest BCUT2D eigenvalue weighted by Crippen LogP contribution is 2.39. The predicted molar refractivity (Wildman–Crippen MR) is 183 cm³/mol. The van der Waals surface area contributed by atoms with Crippen LogP contribution in [-0.2, 0) is 33.8 Å². The third-order valence-corrected chi connectivity index (χ3v) is 9.82. The molecule has 4 aromatic rings. The molecule has 3 amide bonds. The Morgan fingerprint density at radius 2 is 1.79 bits per heavy atom. The van der Waals surface area contributed by atoms with Gasteiger partial charge in [-0.25, -0.2) is 4.79 Å². The number of hydrogen-bond acceptors (Lipinski definition) is 8. The van der Waals surface area contributed by atoms with E-state index in [1.807, 2.05) is 58.0 Å². The van der Waals surface area contributed by atoms with Gasteiger partial charge in [0.15, 0.2) is 0 Å². The lowest BCUT2D eigenvalue weighted by Crippen LogP contribution is -2.65. The van der Waals surface area contributed by atoms with Crippen LogP contribution < -0.4 is 21.7 Å². The average molecular weight is 699 g/mol. The first-order valence-electron chi connectivity index (χ1n) is 16.1. The second-order valence-corrected chi connectivity index (χ2v) is 13.4. The van der Waals surface area contributed by atoms with Crippen LogP contribution in [0, 0.1) is 11.8 Å². The maximum Gasteiger partial charge on any atom is 0.408 e. The van der Waals surface area contributed by atoms with Crippen molar-refractivity contribution in [3.05, 3.63) is 75.2 Å². The molecule has 6 N–H and O–H groups in total. The molecule has 2 aromatic carbocycles. The molecule has 0 aliphatic heterocycles. The molecule has 5 rings (SSSR count). The number of halogens is 2. The van der Waals surface area contributed by atoms with E-state index in [0.29, 0.717) is 34.8 Å². The topological polar surface area (TPSA) is 177 Å². The normalized spacial score (nSPS) is 18.3. The number of carbonyl (C=O) groups is 3. The van der Waals surface area contributed by atoms with Gasteiger partial charge in [0.2, 0.25) is 17.7 Å². The first-order valence-corrected chi connectivity index (χ1v) is 16.9. The summed E-state index contributed by atoms with van der Waals surface area (Å²) in [6.07, 6.45) is 1.32. The number of nitrogens with two attached hydrogens (primary N) is 1. The van der Waals surface area contributed by atoms with Crippen LogP contribution >= 0.6 is 23.2 Å². The first kappa shape index (κ1) is 35.0. The van der Waals surface area contributed by atoms with Crippen LogP contribution in [0.25, 0.3) is 10.9 Å². The highest BCUT2D eigenvalue weighted by atomic mass is 35.5. The Labute approximate surface area is 288 Å². The number of amides is 3. The van der Waals surface area contributed by atoms with Gasteiger partial charge in [-0.2, -0.15) is 0 Å². The van der Waals surface area contributed by atoms with Gasteiger partial charge < -0.3 is 35.8 Å². The Balaban J connectivity index is 1.47. The molecule has 2 heterocycles. The number of aromatic amines is 1. The smallest absolute Gasteiger partial charge is 0.408 e. The molecule has 5 atom stereocenters. The van der Waals surface area contributed by atoms with E-state index in [2.05, 4.69) is 31.1 Å². The number of nitrogens with one attached hydrogen (secondary N) is 4. The minimum absolute atomic E-state index is 0.0412. The Morgan fingerprint density at radius 3 is 2.46 bits per heavy atom. The van der Waals surface area contributed by atoms with Crippen molar-refractivity contribution in [2.75, 3.05) is 5.73 Å². The minimum atomic E-state index is -1.44. The summed E-state index contributed by atoms with van der Waals surface area (Å²) in [5, 5.41) is 18.4. The Morgan fingerprint density at radius 1 is 1.06 bits per heavy atom. The van der Waals surface area contributed by atoms with Crippen LogP contribution in [0.1, 0.15) is 75.7 Å². The number of H-pyrrole nitrogens is 1. The monoisotopic (exact) mass is 697 g/mol. The molecule has 256 valence electrons. The number of fused-ring (bicyclic) bond motifs is 3. The lowest BCUT2D eigenvalue weighted by atomic mass is 9.78. The zero-order valence-electron chi connectivity index (χ0n) is 27.4. The number of ether oxygens (including phenoxy) is 1. The van der Waals surface area contributed by atoms with Crippen molar-refractivity contribution in [1.29, 1.82) is 0 Å². The number of carbonyl (C=O) groups excluding carboxylic acids is 3. The van der Waals surface area contributed by atoms with Crippen molar-refractivity contribution in [3.63, 3.8) is 0 Å². The summed E-state index contributed by atoms with van der Waals surface area (Å²) in [5.41, 5.74) is 7.52. The molecule has 14 heteroatoms. The molecule has 0 saturated carbocycles. The maximum absolute atomic E-state index is 14.6. The molecule has 12 nitrogen and oxygen atoms in total. The van der Waals surface area contributed by atoms with Gasteiger partial charge >= 0.3 is 12.1 Å². The van der Waals surface area contributed by atoms with E-state index in [0.717, 1.165) is 22.2 Å². The molecular formula is C34H41Cl2N7O5. The summed E-state index contributed by atoms with van der Waals surface area (Å²) in [6.45, 7) is 7.74. The number of aryl methyl sites for hydroxylation is 1. The standard InChI is InChI=1S/C34H41Cl2N7O5/c1-5-18(3)26(40-33(46)47-17-20-10-8-7-9-11-20)29(44)41-34(31(45)39-27(19(4)6-2)30-42-43-32(37)48-30)13-12-25-23(16-34)22-14-21(35)15-24(36)28(22)38-25/h7-11,14-15,18-19,26-27,38H,5-6,12-13,16-17H2,1-4H3,(H2,37,43)(H,39,45)(H,40,46)(H,41,44)/t18?,19?,26-,27+,34+/m0/s1. The molecule has 0 bridgehead atoms. The summed E-state index contributed by atoms with van der Waals surface area (Å²) >= 11 is 12.9. The molecular weight excluding hydrogens is 657 g/mol. The number of nitrogen functional groups attached to an aromatic ring is 1.